The molecule has 0 spiro atoms. The number of amides is 1. The maximum Gasteiger partial charge on any atom is 0.293 e. The number of nitrogens with zero attached hydrogens (tertiary/aromatic N) is 3. The predicted molar refractivity (Wildman–Crippen MR) is 88.5 cm³/mol. The average molecular weight is 320 g/mol. The third-order valence-electron chi connectivity index (χ3n) is 3.37. The molecule has 0 fully saturated rings. The van der Waals surface area contributed by atoms with Gasteiger partial charge in [-0.2, -0.15) is 0 Å². The molecule has 24 heavy (non-hydrogen) atoms. The summed E-state index contributed by atoms with van der Waals surface area (Å²) in [5.74, 6) is -0.508. The first-order chi connectivity index (χ1) is 11.6. The molecule has 0 radical (unpaired) electrons. The van der Waals surface area contributed by atoms with Gasteiger partial charge in [0.2, 0.25) is 0 Å². The SMILES string of the molecule is O=C(Nc1ccc(-c2ccccc2)cc1[N+](=O)[O-])c1cncnc1. The van der Waals surface area contributed by atoms with Crippen LogP contribution in [0.15, 0.2) is 67.3 Å². The maximum absolute atomic E-state index is 12.1. The summed E-state index contributed by atoms with van der Waals surface area (Å²) in [4.78, 5) is 30.5. The maximum atomic E-state index is 12.1. The fourth-order valence-corrected chi connectivity index (χ4v) is 2.21. The van der Waals surface area contributed by atoms with Crippen LogP contribution in [0.2, 0.25) is 0 Å². The molecular weight excluding hydrogens is 308 g/mol. The minimum Gasteiger partial charge on any atom is -0.316 e. The van der Waals surface area contributed by atoms with E-state index in [1.54, 1.807) is 6.07 Å². The Morgan fingerprint density at radius 3 is 2.38 bits per heavy atom. The van der Waals surface area contributed by atoms with Crippen LogP contribution < -0.4 is 5.32 Å². The molecule has 118 valence electrons. The van der Waals surface area contributed by atoms with E-state index in [1.165, 1.54) is 30.9 Å². The predicted octanol–water partition coefficient (Wildman–Crippen LogP) is 3.30. The minimum atomic E-state index is -0.524. The van der Waals surface area contributed by atoms with E-state index in [2.05, 4.69) is 15.3 Å². The van der Waals surface area contributed by atoms with Crippen LogP contribution in [0, 0.1) is 10.1 Å². The van der Waals surface area contributed by atoms with Crippen LogP contribution in [0.1, 0.15) is 10.4 Å². The standard InChI is InChI=1S/C17H12N4O3/c22-17(14-9-18-11-19-10-14)20-15-7-6-13(8-16(15)21(23)24)12-4-2-1-3-5-12/h1-11H,(H,20,22). The van der Waals surface area contributed by atoms with E-state index in [9.17, 15) is 14.9 Å². The topological polar surface area (TPSA) is 98.0 Å². The Kier molecular flexibility index (Phi) is 4.24. The first-order valence-electron chi connectivity index (χ1n) is 7.05. The van der Waals surface area contributed by atoms with Crippen LogP contribution in [0.5, 0.6) is 0 Å². The third-order valence-corrected chi connectivity index (χ3v) is 3.37. The van der Waals surface area contributed by atoms with E-state index in [4.69, 9.17) is 0 Å². The molecule has 7 nitrogen and oxygen atoms in total. The smallest absolute Gasteiger partial charge is 0.293 e. The van der Waals surface area contributed by atoms with Crippen molar-refractivity contribution in [2.24, 2.45) is 0 Å². The molecule has 0 aliphatic carbocycles. The number of carbonyl (C=O) groups is 1. The third kappa shape index (κ3) is 3.25. The van der Waals surface area contributed by atoms with Crippen molar-refractivity contribution in [1.82, 2.24) is 9.97 Å². The summed E-state index contributed by atoms with van der Waals surface area (Å²) in [6.07, 6.45) is 3.98. The molecule has 0 atom stereocenters. The van der Waals surface area contributed by atoms with Crippen molar-refractivity contribution in [1.29, 1.82) is 0 Å². The fourth-order valence-electron chi connectivity index (χ4n) is 2.21. The molecule has 0 aliphatic rings. The Morgan fingerprint density at radius 2 is 1.71 bits per heavy atom. The lowest BCUT2D eigenvalue weighted by Crippen LogP contribution is -2.13. The minimum absolute atomic E-state index is 0.119. The van der Waals surface area contributed by atoms with Gasteiger partial charge in [0.25, 0.3) is 11.6 Å². The Bertz CT molecular complexity index is 883. The monoisotopic (exact) mass is 320 g/mol. The molecule has 3 rings (SSSR count). The lowest BCUT2D eigenvalue weighted by atomic mass is 10.0. The highest BCUT2D eigenvalue weighted by atomic mass is 16.6. The van der Waals surface area contributed by atoms with Crippen molar-refractivity contribution in [3.63, 3.8) is 0 Å². The van der Waals surface area contributed by atoms with Crippen LogP contribution in [0.25, 0.3) is 11.1 Å². The molecule has 0 bridgehead atoms. The fraction of sp³-hybridized carbons (Fsp3) is 0. The van der Waals surface area contributed by atoms with E-state index < -0.39 is 10.8 Å². The van der Waals surface area contributed by atoms with E-state index >= 15 is 0 Å². The van der Waals surface area contributed by atoms with Gasteiger partial charge in [-0.3, -0.25) is 14.9 Å². The van der Waals surface area contributed by atoms with Gasteiger partial charge in [0.1, 0.15) is 12.0 Å². The first-order valence-corrected chi connectivity index (χ1v) is 7.05. The number of rotatable bonds is 4. The number of hydrogen-bond acceptors (Lipinski definition) is 5. The van der Waals surface area contributed by atoms with Crippen molar-refractivity contribution < 1.29 is 9.72 Å². The molecule has 0 unspecified atom stereocenters. The van der Waals surface area contributed by atoms with Gasteiger partial charge < -0.3 is 5.32 Å². The van der Waals surface area contributed by atoms with Crippen molar-refractivity contribution in [2.75, 3.05) is 5.32 Å². The molecular formula is C17H12N4O3. The second-order valence-electron chi connectivity index (χ2n) is 4.94. The zero-order chi connectivity index (χ0) is 16.9. The van der Waals surface area contributed by atoms with Crippen LogP contribution >= 0.6 is 0 Å². The van der Waals surface area contributed by atoms with Crippen molar-refractivity contribution >= 4 is 17.3 Å². The Balaban J connectivity index is 1.94. The van der Waals surface area contributed by atoms with E-state index in [1.807, 2.05) is 30.3 Å². The number of benzene rings is 2. The molecule has 1 N–H and O–H groups in total. The number of anilines is 1. The highest BCUT2D eigenvalue weighted by Gasteiger charge is 2.18. The highest BCUT2D eigenvalue weighted by molar-refractivity contribution is 6.05. The van der Waals surface area contributed by atoms with Crippen LogP contribution in [-0.2, 0) is 0 Å². The van der Waals surface area contributed by atoms with Gasteiger partial charge in [0.15, 0.2) is 0 Å². The van der Waals surface area contributed by atoms with Gasteiger partial charge in [-0.05, 0) is 17.2 Å². The molecule has 2 aromatic carbocycles. The summed E-state index contributed by atoms with van der Waals surface area (Å²) in [6, 6.07) is 14.0. The molecule has 1 amide bonds. The zero-order valence-corrected chi connectivity index (χ0v) is 12.4. The van der Waals surface area contributed by atoms with Gasteiger partial charge in [0, 0.05) is 18.5 Å². The lowest BCUT2D eigenvalue weighted by Gasteiger charge is -2.08. The van der Waals surface area contributed by atoms with Crippen molar-refractivity contribution in [2.45, 2.75) is 0 Å². The van der Waals surface area contributed by atoms with Crippen LogP contribution in [0.4, 0.5) is 11.4 Å². The Labute approximate surface area is 137 Å². The molecule has 7 heteroatoms. The Hall–Kier alpha value is -3.61. The van der Waals surface area contributed by atoms with Gasteiger partial charge in [0.05, 0.1) is 10.5 Å². The summed E-state index contributed by atoms with van der Waals surface area (Å²) in [5.41, 5.74) is 1.72. The molecule has 0 saturated heterocycles. The van der Waals surface area contributed by atoms with E-state index in [-0.39, 0.29) is 16.9 Å². The summed E-state index contributed by atoms with van der Waals surface area (Å²) < 4.78 is 0. The van der Waals surface area contributed by atoms with E-state index in [0.29, 0.717) is 5.56 Å². The van der Waals surface area contributed by atoms with Crippen LogP contribution in [0.3, 0.4) is 0 Å². The first kappa shape index (κ1) is 15.3. The molecule has 0 saturated carbocycles. The van der Waals surface area contributed by atoms with Crippen molar-refractivity contribution in [3.8, 4) is 11.1 Å². The number of aromatic nitrogens is 2. The number of nitro groups is 1. The largest absolute Gasteiger partial charge is 0.316 e. The summed E-state index contributed by atoms with van der Waals surface area (Å²) in [6.45, 7) is 0. The van der Waals surface area contributed by atoms with Gasteiger partial charge in [-0.1, -0.05) is 36.4 Å². The summed E-state index contributed by atoms with van der Waals surface area (Å²) >= 11 is 0. The van der Waals surface area contributed by atoms with Gasteiger partial charge in [-0.25, -0.2) is 9.97 Å². The normalized spacial score (nSPS) is 10.2. The number of nitrogens with one attached hydrogen (secondary N) is 1. The Morgan fingerprint density at radius 1 is 1.00 bits per heavy atom. The summed E-state index contributed by atoms with van der Waals surface area (Å²) in [5, 5.41) is 13.9. The molecule has 3 aromatic rings. The van der Waals surface area contributed by atoms with Gasteiger partial charge in [-0.15, -0.1) is 0 Å². The lowest BCUT2D eigenvalue weighted by molar-refractivity contribution is -0.383. The number of carbonyl (C=O) groups excluding carboxylic acids is 1. The number of nitro benzene ring substituents is 1. The summed E-state index contributed by atoms with van der Waals surface area (Å²) in [7, 11) is 0. The molecule has 0 aliphatic heterocycles. The van der Waals surface area contributed by atoms with Gasteiger partial charge >= 0.3 is 0 Å². The second kappa shape index (κ2) is 6.66. The highest BCUT2D eigenvalue weighted by Crippen LogP contribution is 2.30. The van der Waals surface area contributed by atoms with Crippen molar-refractivity contribution in [3.05, 3.63) is 82.9 Å². The molecule has 1 aromatic heterocycles. The quantitative estimate of drug-likeness (QED) is 0.587. The number of hydrogen-bond donors (Lipinski definition) is 1. The molecule has 1 heterocycles. The second-order valence-corrected chi connectivity index (χ2v) is 4.94. The van der Waals surface area contributed by atoms with E-state index in [0.717, 1.165) is 5.56 Å². The van der Waals surface area contributed by atoms with Crippen LogP contribution in [-0.4, -0.2) is 20.8 Å². The zero-order valence-electron chi connectivity index (χ0n) is 12.4. The average Bonchev–Trinajstić information content (AvgIpc) is 2.63.